The molecule has 1 atom stereocenters. The third-order valence-electron chi connectivity index (χ3n) is 7.07. The van der Waals surface area contributed by atoms with E-state index in [-0.39, 0.29) is 24.1 Å². The van der Waals surface area contributed by atoms with Crippen molar-refractivity contribution in [1.29, 1.82) is 0 Å². The molecule has 5 rings (SSSR count). The van der Waals surface area contributed by atoms with Crippen LogP contribution in [0.15, 0.2) is 36.5 Å². The number of carbonyl (C=O) groups excluding carboxylic acids is 2. The van der Waals surface area contributed by atoms with Crippen LogP contribution in [-0.4, -0.2) is 74.1 Å². The van der Waals surface area contributed by atoms with E-state index in [1.165, 1.54) is 0 Å². The molecule has 10 heteroatoms. The van der Waals surface area contributed by atoms with Gasteiger partial charge in [0, 0.05) is 48.9 Å². The maximum Gasteiger partial charge on any atom is 0.410 e. The third-order valence-corrected chi connectivity index (χ3v) is 7.07. The number of pyridine rings is 1. The topological polar surface area (TPSA) is 104 Å². The van der Waals surface area contributed by atoms with Crippen molar-refractivity contribution in [3.63, 3.8) is 0 Å². The summed E-state index contributed by atoms with van der Waals surface area (Å²) in [6, 6.07) is 10.1. The van der Waals surface area contributed by atoms with Gasteiger partial charge in [0.05, 0.1) is 18.8 Å². The molecule has 3 aromatic rings. The quantitative estimate of drug-likeness (QED) is 0.515. The Kier molecular flexibility index (Phi) is 7.05. The largest absolute Gasteiger partial charge is 0.444 e. The number of fused-ring (bicyclic) bond motifs is 2. The van der Waals surface area contributed by atoms with Crippen molar-refractivity contribution in [3.05, 3.63) is 53.5 Å². The number of benzene rings is 1. The van der Waals surface area contributed by atoms with Gasteiger partial charge < -0.3 is 24.8 Å². The van der Waals surface area contributed by atoms with Crippen molar-refractivity contribution in [2.45, 2.75) is 72.3 Å². The number of nitrogens with zero attached hydrogens (tertiary/aromatic N) is 6. The van der Waals surface area contributed by atoms with E-state index in [0.29, 0.717) is 50.2 Å². The second-order valence-electron chi connectivity index (χ2n) is 11.6. The summed E-state index contributed by atoms with van der Waals surface area (Å²) in [5, 5.41) is 5.65. The molecule has 206 valence electrons. The lowest BCUT2D eigenvalue weighted by atomic mass is 10.1. The van der Waals surface area contributed by atoms with Gasteiger partial charge in [0.1, 0.15) is 17.1 Å². The van der Waals surface area contributed by atoms with Gasteiger partial charge in [-0.15, -0.1) is 0 Å². The Hall–Kier alpha value is -3.95. The van der Waals surface area contributed by atoms with Crippen LogP contribution in [0.25, 0.3) is 10.8 Å². The van der Waals surface area contributed by atoms with Crippen LogP contribution in [0.4, 0.5) is 16.6 Å². The molecule has 2 aliphatic heterocycles. The van der Waals surface area contributed by atoms with Crippen molar-refractivity contribution >= 4 is 34.5 Å². The maximum absolute atomic E-state index is 13.3. The van der Waals surface area contributed by atoms with Gasteiger partial charge in [-0.3, -0.25) is 9.78 Å². The number of aromatic nitrogens is 3. The Balaban J connectivity index is 1.40. The summed E-state index contributed by atoms with van der Waals surface area (Å²) in [6.07, 6.45) is 1.55. The molecule has 39 heavy (non-hydrogen) atoms. The third kappa shape index (κ3) is 5.60. The lowest BCUT2D eigenvalue weighted by Gasteiger charge is -2.40. The first-order valence-corrected chi connectivity index (χ1v) is 13.5. The molecular formula is C29H37N7O3. The summed E-state index contributed by atoms with van der Waals surface area (Å²) >= 11 is 0. The SMILES string of the molecule is CC(C)N1Cc2c(NCc3cc4ccccc4cn3)nc(N3CCN(C(=O)OC(C)(C)C)[C@@H](C)C3)nc2C1=O. The van der Waals surface area contributed by atoms with Crippen molar-refractivity contribution in [1.82, 2.24) is 24.8 Å². The van der Waals surface area contributed by atoms with E-state index in [0.717, 1.165) is 22.0 Å². The van der Waals surface area contributed by atoms with E-state index < -0.39 is 5.60 Å². The number of nitrogens with one attached hydrogen (secondary N) is 1. The monoisotopic (exact) mass is 531 g/mol. The van der Waals surface area contributed by atoms with Crippen LogP contribution in [0.1, 0.15) is 63.3 Å². The van der Waals surface area contributed by atoms with Crippen molar-refractivity contribution in [2.24, 2.45) is 0 Å². The molecule has 0 radical (unpaired) electrons. The van der Waals surface area contributed by atoms with Gasteiger partial charge in [0.2, 0.25) is 5.95 Å². The molecule has 10 nitrogen and oxygen atoms in total. The molecule has 1 saturated heterocycles. The van der Waals surface area contributed by atoms with Crippen LogP contribution in [0.5, 0.6) is 0 Å². The van der Waals surface area contributed by atoms with E-state index in [1.54, 1.807) is 4.90 Å². The Labute approximate surface area is 229 Å². The van der Waals surface area contributed by atoms with Crippen molar-refractivity contribution in [3.8, 4) is 0 Å². The standard InChI is InChI=1S/C29H37N7O3/c1-18(2)36-17-23-24(26(36)37)32-27(34-11-12-35(19(3)16-34)28(38)39-29(4,5)6)33-25(23)31-15-22-13-20-9-7-8-10-21(20)14-30-22/h7-10,13-14,18-19H,11-12,15-17H2,1-6H3,(H,31,32,33)/t19-/m0/s1. The molecule has 1 N–H and O–H groups in total. The van der Waals surface area contributed by atoms with Crippen molar-refractivity contribution < 1.29 is 14.3 Å². The molecule has 0 aliphatic carbocycles. The van der Waals surface area contributed by atoms with Crippen molar-refractivity contribution in [2.75, 3.05) is 29.9 Å². The lowest BCUT2D eigenvalue weighted by Crippen LogP contribution is -2.55. The fourth-order valence-corrected chi connectivity index (χ4v) is 5.01. The summed E-state index contributed by atoms with van der Waals surface area (Å²) < 4.78 is 5.59. The molecule has 4 heterocycles. The first-order chi connectivity index (χ1) is 18.5. The summed E-state index contributed by atoms with van der Waals surface area (Å²) in [4.78, 5) is 45.8. The van der Waals surface area contributed by atoms with E-state index >= 15 is 0 Å². The maximum atomic E-state index is 13.3. The molecule has 0 bridgehead atoms. The molecular weight excluding hydrogens is 494 g/mol. The number of carbonyl (C=O) groups is 2. The van der Waals surface area contributed by atoms with E-state index in [2.05, 4.69) is 22.4 Å². The zero-order valence-electron chi connectivity index (χ0n) is 23.6. The molecule has 1 aromatic carbocycles. The Morgan fingerprint density at radius 2 is 1.90 bits per heavy atom. The molecule has 2 amide bonds. The summed E-state index contributed by atoms with van der Waals surface area (Å²) in [5.41, 5.74) is 1.57. The smallest absolute Gasteiger partial charge is 0.410 e. The van der Waals surface area contributed by atoms with Gasteiger partial charge in [0.15, 0.2) is 0 Å². The van der Waals surface area contributed by atoms with Crippen LogP contribution in [0.3, 0.4) is 0 Å². The first kappa shape index (κ1) is 26.6. The highest BCUT2D eigenvalue weighted by molar-refractivity contribution is 5.98. The van der Waals surface area contributed by atoms with Crippen LogP contribution in [0, 0.1) is 0 Å². The number of ether oxygens (including phenoxy) is 1. The van der Waals surface area contributed by atoms with E-state index in [4.69, 9.17) is 14.7 Å². The van der Waals surface area contributed by atoms with Crippen LogP contribution < -0.4 is 10.2 Å². The number of hydrogen-bond acceptors (Lipinski definition) is 8. The summed E-state index contributed by atoms with van der Waals surface area (Å²) in [6.45, 7) is 14.1. The lowest BCUT2D eigenvalue weighted by molar-refractivity contribution is 0.0158. The molecule has 0 unspecified atom stereocenters. The highest BCUT2D eigenvalue weighted by Gasteiger charge is 2.36. The summed E-state index contributed by atoms with van der Waals surface area (Å²) in [7, 11) is 0. The molecule has 1 fully saturated rings. The average Bonchev–Trinajstić information content (AvgIpc) is 3.22. The van der Waals surface area contributed by atoms with Gasteiger partial charge in [-0.25, -0.2) is 9.78 Å². The Morgan fingerprint density at radius 3 is 2.59 bits per heavy atom. The fourth-order valence-electron chi connectivity index (χ4n) is 5.01. The highest BCUT2D eigenvalue weighted by atomic mass is 16.6. The predicted molar refractivity (Wildman–Crippen MR) is 151 cm³/mol. The number of anilines is 2. The zero-order valence-corrected chi connectivity index (χ0v) is 23.6. The number of piperazine rings is 1. The minimum absolute atomic E-state index is 0.0440. The van der Waals surface area contributed by atoms with E-state index in [1.807, 2.05) is 75.7 Å². The number of hydrogen-bond donors (Lipinski definition) is 1. The van der Waals surface area contributed by atoms with Gasteiger partial charge in [-0.2, -0.15) is 4.98 Å². The van der Waals surface area contributed by atoms with Crippen LogP contribution in [0.2, 0.25) is 0 Å². The minimum atomic E-state index is -0.555. The Bertz CT molecular complexity index is 1400. The first-order valence-electron chi connectivity index (χ1n) is 13.5. The van der Waals surface area contributed by atoms with Gasteiger partial charge >= 0.3 is 6.09 Å². The molecule has 2 aliphatic rings. The zero-order chi connectivity index (χ0) is 27.9. The van der Waals surface area contributed by atoms with E-state index in [9.17, 15) is 9.59 Å². The predicted octanol–water partition coefficient (Wildman–Crippen LogP) is 4.45. The highest BCUT2D eigenvalue weighted by Crippen LogP contribution is 2.31. The fraction of sp³-hybridized carbons (Fsp3) is 0.483. The second-order valence-corrected chi connectivity index (χ2v) is 11.6. The van der Waals surface area contributed by atoms with Crippen LogP contribution >= 0.6 is 0 Å². The van der Waals surface area contributed by atoms with Gasteiger partial charge in [-0.05, 0) is 53.0 Å². The average molecular weight is 532 g/mol. The number of rotatable bonds is 5. The Morgan fingerprint density at radius 1 is 1.15 bits per heavy atom. The van der Waals surface area contributed by atoms with Crippen LogP contribution in [-0.2, 0) is 17.8 Å². The molecule has 0 saturated carbocycles. The summed E-state index contributed by atoms with van der Waals surface area (Å²) in [5.74, 6) is 1.04. The molecule has 0 spiro atoms. The van der Waals surface area contributed by atoms with Gasteiger partial charge in [-0.1, -0.05) is 24.3 Å². The second kappa shape index (κ2) is 10.3. The number of amides is 2. The molecule has 2 aromatic heterocycles. The normalized spacial score (nSPS) is 17.7. The van der Waals surface area contributed by atoms with Gasteiger partial charge in [0.25, 0.3) is 5.91 Å². The minimum Gasteiger partial charge on any atom is -0.444 e.